The topological polar surface area (TPSA) is 96.9 Å². The minimum atomic E-state index is -0.986. The van der Waals surface area contributed by atoms with E-state index >= 15 is 0 Å². The lowest BCUT2D eigenvalue weighted by atomic mass is 10.1. The van der Waals surface area contributed by atoms with Gasteiger partial charge in [0.1, 0.15) is 5.75 Å². The average Bonchev–Trinajstić information content (AvgIpc) is 2.66. The fourth-order valence-electron chi connectivity index (χ4n) is 2.23. The maximum atomic E-state index is 12.4. The predicted octanol–water partition coefficient (Wildman–Crippen LogP) is 2.28. The van der Waals surface area contributed by atoms with Crippen molar-refractivity contribution in [2.24, 2.45) is 0 Å². The second-order valence-electron chi connectivity index (χ2n) is 5.46. The molecule has 0 heterocycles. The van der Waals surface area contributed by atoms with Crippen LogP contribution in [0, 0.1) is 0 Å². The number of nitrogens with one attached hydrogen (secondary N) is 2. The standard InChI is InChI=1S/C19H22N2O5/c1-13(18(23)21-14-6-5-7-15(12-14)25-2)26-19(24)16-8-3-4-9-17(16)20-10-11-22/h3-9,12-13,20,22H,10-11H2,1-2H3,(H,21,23)/t13-/m1/s1. The van der Waals surface area contributed by atoms with Crippen LogP contribution in [0.1, 0.15) is 17.3 Å². The van der Waals surface area contributed by atoms with Crippen LogP contribution >= 0.6 is 0 Å². The summed E-state index contributed by atoms with van der Waals surface area (Å²) in [5.74, 6) is -0.469. The number of hydrogen-bond donors (Lipinski definition) is 3. The Morgan fingerprint density at radius 3 is 2.65 bits per heavy atom. The van der Waals surface area contributed by atoms with Gasteiger partial charge in [0.2, 0.25) is 0 Å². The molecule has 0 saturated heterocycles. The number of aliphatic hydroxyl groups excluding tert-OH is 1. The molecule has 0 fully saturated rings. The number of ether oxygens (including phenoxy) is 2. The van der Waals surface area contributed by atoms with Crippen LogP contribution in [0.15, 0.2) is 48.5 Å². The summed E-state index contributed by atoms with van der Waals surface area (Å²) in [5.41, 5.74) is 1.37. The van der Waals surface area contributed by atoms with Gasteiger partial charge < -0.3 is 25.2 Å². The third-order valence-corrected chi connectivity index (χ3v) is 3.56. The first kappa shape index (κ1) is 19.3. The summed E-state index contributed by atoms with van der Waals surface area (Å²) < 4.78 is 10.4. The number of aliphatic hydroxyl groups is 1. The van der Waals surface area contributed by atoms with E-state index in [2.05, 4.69) is 10.6 Å². The number of carbonyl (C=O) groups is 2. The fraction of sp³-hybridized carbons (Fsp3) is 0.263. The van der Waals surface area contributed by atoms with Crippen molar-refractivity contribution in [3.05, 3.63) is 54.1 Å². The maximum Gasteiger partial charge on any atom is 0.341 e. The molecule has 0 spiro atoms. The van der Waals surface area contributed by atoms with Crippen molar-refractivity contribution >= 4 is 23.3 Å². The number of amides is 1. The van der Waals surface area contributed by atoms with E-state index in [1.54, 1.807) is 48.5 Å². The monoisotopic (exact) mass is 358 g/mol. The second kappa shape index (κ2) is 9.43. The highest BCUT2D eigenvalue weighted by Crippen LogP contribution is 2.19. The van der Waals surface area contributed by atoms with Crippen LogP contribution in [0.3, 0.4) is 0 Å². The van der Waals surface area contributed by atoms with Gasteiger partial charge in [-0.15, -0.1) is 0 Å². The molecule has 2 rings (SSSR count). The normalized spacial score (nSPS) is 11.3. The molecule has 138 valence electrons. The SMILES string of the molecule is COc1cccc(NC(=O)[C@@H](C)OC(=O)c2ccccc2NCCO)c1. The Morgan fingerprint density at radius 1 is 1.15 bits per heavy atom. The van der Waals surface area contributed by atoms with E-state index in [0.29, 0.717) is 29.2 Å². The van der Waals surface area contributed by atoms with Crippen LogP contribution in [0.2, 0.25) is 0 Å². The lowest BCUT2D eigenvalue weighted by molar-refractivity contribution is -0.123. The summed E-state index contributed by atoms with van der Waals surface area (Å²) in [7, 11) is 1.54. The molecule has 0 bridgehead atoms. The van der Waals surface area contributed by atoms with E-state index in [1.807, 2.05) is 0 Å². The average molecular weight is 358 g/mol. The Bertz CT molecular complexity index is 763. The zero-order valence-electron chi connectivity index (χ0n) is 14.7. The summed E-state index contributed by atoms with van der Waals surface area (Å²) in [4.78, 5) is 24.6. The Kier molecular flexibility index (Phi) is 6.99. The van der Waals surface area contributed by atoms with Crippen molar-refractivity contribution in [2.45, 2.75) is 13.0 Å². The predicted molar refractivity (Wildman–Crippen MR) is 98.5 cm³/mol. The maximum absolute atomic E-state index is 12.4. The molecule has 3 N–H and O–H groups in total. The first-order chi connectivity index (χ1) is 12.5. The highest BCUT2D eigenvalue weighted by atomic mass is 16.5. The molecule has 2 aromatic carbocycles. The van der Waals surface area contributed by atoms with Crippen molar-refractivity contribution in [2.75, 3.05) is 30.9 Å². The van der Waals surface area contributed by atoms with Gasteiger partial charge in [0.15, 0.2) is 6.10 Å². The molecule has 0 saturated carbocycles. The summed E-state index contributed by atoms with van der Waals surface area (Å²) >= 11 is 0. The number of benzene rings is 2. The number of carbonyl (C=O) groups excluding carboxylic acids is 2. The number of para-hydroxylation sites is 1. The third kappa shape index (κ3) is 5.22. The van der Waals surface area contributed by atoms with E-state index in [9.17, 15) is 9.59 Å². The molecule has 0 aliphatic heterocycles. The van der Waals surface area contributed by atoms with Crippen molar-refractivity contribution in [1.29, 1.82) is 0 Å². The number of anilines is 2. The molecule has 0 radical (unpaired) electrons. The summed E-state index contributed by atoms with van der Waals surface area (Å²) in [6, 6.07) is 13.6. The Hall–Kier alpha value is -3.06. The van der Waals surface area contributed by atoms with Crippen molar-refractivity contribution < 1.29 is 24.2 Å². The molecule has 7 nitrogen and oxygen atoms in total. The molecule has 0 aliphatic rings. The van der Waals surface area contributed by atoms with Crippen LogP contribution in [0.4, 0.5) is 11.4 Å². The molecule has 1 atom stereocenters. The van der Waals surface area contributed by atoms with Gasteiger partial charge in [-0.3, -0.25) is 4.79 Å². The van der Waals surface area contributed by atoms with Crippen molar-refractivity contribution in [3.63, 3.8) is 0 Å². The molecule has 1 amide bonds. The van der Waals surface area contributed by atoms with Gasteiger partial charge in [-0.05, 0) is 31.2 Å². The van der Waals surface area contributed by atoms with E-state index in [0.717, 1.165) is 0 Å². The van der Waals surface area contributed by atoms with Gasteiger partial charge in [0, 0.05) is 24.0 Å². The number of methoxy groups -OCH3 is 1. The van der Waals surface area contributed by atoms with Crippen LogP contribution < -0.4 is 15.4 Å². The molecule has 26 heavy (non-hydrogen) atoms. The Morgan fingerprint density at radius 2 is 1.92 bits per heavy atom. The molecular formula is C19H22N2O5. The highest BCUT2D eigenvalue weighted by molar-refractivity contribution is 5.99. The molecule has 0 aromatic heterocycles. The Labute approximate surface area is 151 Å². The lowest BCUT2D eigenvalue weighted by Gasteiger charge is -2.16. The van der Waals surface area contributed by atoms with Crippen LogP contribution in [0.25, 0.3) is 0 Å². The minimum Gasteiger partial charge on any atom is -0.497 e. The van der Waals surface area contributed by atoms with Gasteiger partial charge >= 0.3 is 5.97 Å². The number of hydrogen-bond acceptors (Lipinski definition) is 6. The van der Waals surface area contributed by atoms with E-state index in [1.165, 1.54) is 14.0 Å². The van der Waals surface area contributed by atoms with Gasteiger partial charge in [-0.25, -0.2) is 4.79 Å². The van der Waals surface area contributed by atoms with Gasteiger partial charge in [0.05, 0.1) is 19.3 Å². The molecule has 0 unspecified atom stereocenters. The first-order valence-corrected chi connectivity index (χ1v) is 8.14. The number of rotatable bonds is 8. The lowest BCUT2D eigenvalue weighted by Crippen LogP contribution is -2.30. The minimum absolute atomic E-state index is 0.0667. The Balaban J connectivity index is 2.01. The van der Waals surface area contributed by atoms with E-state index in [-0.39, 0.29) is 6.61 Å². The summed E-state index contributed by atoms with van der Waals surface area (Å²) in [6.07, 6.45) is -0.986. The molecular weight excluding hydrogens is 336 g/mol. The van der Waals surface area contributed by atoms with Gasteiger partial charge in [-0.1, -0.05) is 18.2 Å². The van der Waals surface area contributed by atoms with Crippen LogP contribution in [-0.4, -0.2) is 43.3 Å². The zero-order valence-corrected chi connectivity index (χ0v) is 14.7. The smallest absolute Gasteiger partial charge is 0.341 e. The van der Waals surface area contributed by atoms with Crippen LogP contribution in [-0.2, 0) is 9.53 Å². The van der Waals surface area contributed by atoms with Crippen LogP contribution in [0.5, 0.6) is 5.75 Å². The van der Waals surface area contributed by atoms with Crippen molar-refractivity contribution in [3.8, 4) is 5.75 Å². The van der Waals surface area contributed by atoms with Gasteiger partial charge in [-0.2, -0.15) is 0 Å². The van der Waals surface area contributed by atoms with E-state index in [4.69, 9.17) is 14.6 Å². The number of esters is 1. The third-order valence-electron chi connectivity index (χ3n) is 3.56. The van der Waals surface area contributed by atoms with Gasteiger partial charge in [0.25, 0.3) is 5.91 Å². The largest absolute Gasteiger partial charge is 0.497 e. The molecule has 0 aliphatic carbocycles. The first-order valence-electron chi connectivity index (χ1n) is 8.14. The zero-order chi connectivity index (χ0) is 18.9. The summed E-state index contributed by atoms with van der Waals surface area (Å²) in [5, 5.41) is 14.5. The highest BCUT2D eigenvalue weighted by Gasteiger charge is 2.21. The second-order valence-corrected chi connectivity index (χ2v) is 5.46. The van der Waals surface area contributed by atoms with E-state index < -0.39 is 18.0 Å². The molecule has 7 heteroatoms. The quantitative estimate of drug-likeness (QED) is 0.627. The fourth-order valence-corrected chi connectivity index (χ4v) is 2.23. The molecule has 2 aromatic rings. The van der Waals surface area contributed by atoms with Crippen molar-refractivity contribution in [1.82, 2.24) is 0 Å². The summed E-state index contributed by atoms with van der Waals surface area (Å²) in [6.45, 7) is 1.73.